The van der Waals surface area contributed by atoms with E-state index in [2.05, 4.69) is 4.98 Å². The van der Waals surface area contributed by atoms with Gasteiger partial charge in [0.25, 0.3) is 0 Å². The SMILES string of the molecule is CCOC(=O)CCN(Cc1ccccn1)C(=O)CCc1ccc(C)cc1. The van der Waals surface area contributed by atoms with Crippen molar-refractivity contribution in [2.45, 2.75) is 39.7 Å². The van der Waals surface area contributed by atoms with E-state index in [1.807, 2.05) is 49.4 Å². The zero-order valence-corrected chi connectivity index (χ0v) is 15.5. The van der Waals surface area contributed by atoms with Gasteiger partial charge in [0, 0.05) is 19.2 Å². The average Bonchev–Trinajstić information content (AvgIpc) is 2.65. The molecule has 0 bridgehead atoms. The molecule has 138 valence electrons. The molecule has 0 radical (unpaired) electrons. The molecule has 0 saturated carbocycles. The van der Waals surface area contributed by atoms with Crippen molar-refractivity contribution in [3.05, 3.63) is 65.5 Å². The number of hydrogen-bond donors (Lipinski definition) is 0. The van der Waals surface area contributed by atoms with Crippen LogP contribution in [0.1, 0.15) is 36.6 Å². The first-order valence-electron chi connectivity index (χ1n) is 8.97. The molecule has 1 aromatic carbocycles. The zero-order chi connectivity index (χ0) is 18.8. The third-order valence-corrected chi connectivity index (χ3v) is 4.07. The highest BCUT2D eigenvalue weighted by atomic mass is 16.5. The number of rotatable bonds is 9. The number of aryl methyl sites for hydroxylation is 2. The summed E-state index contributed by atoms with van der Waals surface area (Å²) in [7, 11) is 0. The lowest BCUT2D eigenvalue weighted by Crippen LogP contribution is -2.33. The molecule has 0 N–H and O–H groups in total. The van der Waals surface area contributed by atoms with Gasteiger partial charge in [0.1, 0.15) is 0 Å². The van der Waals surface area contributed by atoms with Crippen molar-refractivity contribution in [1.29, 1.82) is 0 Å². The van der Waals surface area contributed by atoms with E-state index in [1.165, 1.54) is 5.56 Å². The van der Waals surface area contributed by atoms with Crippen LogP contribution in [-0.2, 0) is 27.3 Å². The number of carbonyl (C=O) groups excluding carboxylic acids is 2. The highest BCUT2D eigenvalue weighted by Gasteiger charge is 2.16. The van der Waals surface area contributed by atoms with E-state index in [0.29, 0.717) is 32.5 Å². The van der Waals surface area contributed by atoms with Gasteiger partial charge < -0.3 is 9.64 Å². The number of esters is 1. The van der Waals surface area contributed by atoms with Crippen LogP contribution < -0.4 is 0 Å². The second kappa shape index (κ2) is 10.3. The summed E-state index contributed by atoms with van der Waals surface area (Å²) in [5, 5.41) is 0. The molecule has 0 spiro atoms. The number of aromatic nitrogens is 1. The van der Waals surface area contributed by atoms with E-state index in [-0.39, 0.29) is 18.3 Å². The zero-order valence-electron chi connectivity index (χ0n) is 15.5. The minimum absolute atomic E-state index is 0.0144. The first-order valence-corrected chi connectivity index (χ1v) is 8.97. The van der Waals surface area contributed by atoms with Crippen LogP contribution in [0.4, 0.5) is 0 Å². The Morgan fingerprint density at radius 1 is 1.08 bits per heavy atom. The Labute approximate surface area is 155 Å². The molecule has 0 atom stereocenters. The van der Waals surface area contributed by atoms with Crippen molar-refractivity contribution in [2.75, 3.05) is 13.2 Å². The van der Waals surface area contributed by atoms with Gasteiger partial charge in [-0.05, 0) is 38.0 Å². The topological polar surface area (TPSA) is 59.5 Å². The fourth-order valence-electron chi connectivity index (χ4n) is 2.60. The molecule has 2 rings (SSSR count). The maximum absolute atomic E-state index is 12.7. The van der Waals surface area contributed by atoms with Crippen LogP contribution in [-0.4, -0.2) is 34.9 Å². The van der Waals surface area contributed by atoms with Crippen molar-refractivity contribution in [2.24, 2.45) is 0 Å². The van der Waals surface area contributed by atoms with Gasteiger partial charge in [-0.2, -0.15) is 0 Å². The molecule has 0 saturated heterocycles. The van der Waals surface area contributed by atoms with Gasteiger partial charge in [-0.25, -0.2) is 0 Å². The predicted molar refractivity (Wildman–Crippen MR) is 100 cm³/mol. The summed E-state index contributed by atoms with van der Waals surface area (Å²) in [5.41, 5.74) is 3.14. The highest BCUT2D eigenvalue weighted by Crippen LogP contribution is 2.10. The average molecular weight is 354 g/mol. The highest BCUT2D eigenvalue weighted by molar-refractivity contribution is 5.77. The number of nitrogens with zero attached hydrogens (tertiary/aromatic N) is 2. The first kappa shape index (κ1) is 19.6. The molecule has 2 aromatic rings. The summed E-state index contributed by atoms with van der Waals surface area (Å²) in [6, 6.07) is 13.8. The Morgan fingerprint density at radius 3 is 2.50 bits per heavy atom. The van der Waals surface area contributed by atoms with E-state index >= 15 is 0 Å². The van der Waals surface area contributed by atoms with Gasteiger partial charge in [0.15, 0.2) is 0 Å². The van der Waals surface area contributed by atoms with Crippen LogP contribution in [0, 0.1) is 6.92 Å². The van der Waals surface area contributed by atoms with Crippen molar-refractivity contribution in [3.8, 4) is 0 Å². The van der Waals surface area contributed by atoms with Crippen molar-refractivity contribution in [3.63, 3.8) is 0 Å². The Balaban J connectivity index is 1.97. The van der Waals surface area contributed by atoms with Crippen molar-refractivity contribution < 1.29 is 14.3 Å². The number of amides is 1. The Morgan fingerprint density at radius 2 is 1.85 bits per heavy atom. The van der Waals surface area contributed by atoms with Gasteiger partial charge in [-0.1, -0.05) is 35.9 Å². The number of carbonyl (C=O) groups is 2. The fraction of sp³-hybridized carbons (Fsp3) is 0.381. The summed E-state index contributed by atoms with van der Waals surface area (Å²) in [4.78, 5) is 30.3. The lowest BCUT2D eigenvalue weighted by Gasteiger charge is -2.22. The fourth-order valence-corrected chi connectivity index (χ4v) is 2.60. The predicted octanol–water partition coefficient (Wildman–Crippen LogP) is 3.30. The number of benzene rings is 1. The van der Waals surface area contributed by atoms with E-state index in [0.717, 1.165) is 11.3 Å². The molecule has 0 aliphatic carbocycles. The Bertz CT molecular complexity index is 699. The van der Waals surface area contributed by atoms with Crippen LogP contribution in [0.25, 0.3) is 0 Å². The second-order valence-corrected chi connectivity index (χ2v) is 6.18. The van der Waals surface area contributed by atoms with Gasteiger partial charge in [0.05, 0.1) is 25.3 Å². The molecular weight excluding hydrogens is 328 g/mol. The standard InChI is InChI=1S/C21H26N2O3/c1-3-26-21(25)13-15-23(16-19-6-4-5-14-22-19)20(24)12-11-18-9-7-17(2)8-10-18/h4-10,14H,3,11-13,15-16H2,1-2H3. The lowest BCUT2D eigenvalue weighted by molar-refractivity contribution is -0.144. The van der Waals surface area contributed by atoms with Crippen LogP contribution >= 0.6 is 0 Å². The molecule has 0 aliphatic heterocycles. The minimum Gasteiger partial charge on any atom is -0.466 e. The number of hydrogen-bond acceptors (Lipinski definition) is 4. The summed E-state index contributed by atoms with van der Waals surface area (Å²) in [6.07, 6.45) is 2.97. The Kier molecular flexibility index (Phi) is 7.80. The molecule has 1 heterocycles. The van der Waals surface area contributed by atoms with Crippen LogP contribution in [0.2, 0.25) is 0 Å². The Hall–Kier alpha value is -2.69. The van der Waals surface area contributed by atoms with E-state index in [1.54, 1.807) is 18.0 Å². The molecule has 5 heteroatoms. The summed E-state index contributed by atoms with van der Waals surface area (Å²) >= 11 is 0. The lowest BCUT2D eigenvalue weighted by atomic mass is 10.1. The quantitative estimate of drug-likeness (QED) is 0.648. The molecule has 0 fully saturated rings. The third-order valence-electron chi connectivity index (χ3n) is 4.07. The smallest absolute Gasteiger partial charge is 0.307 e. The molecule has 5 nitrogen and oxygen atoms in total. The van der Waals surface area contributed by atoms with Crippen LogP contribution in [0.5, 0.6) is 0 Å². The normalized spacial score (nSPS) is 10.4. The second-order valence-electron chi connectivity index (χ2n) is 6.18. The maximum atomic E-state index is 12.7. The summed E-state index contributed by atoms with van der Waals surface area (Å²) in [6.45, 7) is 4.89. The van der Waals surface area contributed by atoms with E-state index in [9.17, 15) is 9.59 Å². The first-order chi connectivity index (χ1) is 12.6. The van der Waals surface area contributed by atoms with Gasteiger partial charge in [-0.3, -0.25) is 14.6 Å². The van der Waals surface area contributed by atoms with E-state index < -0.39 is 0 Å². The molecule has 0 unspecified atom stereocenters. The number of ether oxygens (including phenoxy) is 1. The molecule has 0 aliphatic rings. The van der Waals surface area contributed by atoms with E-state index in [4.69, 9.17) is 4.74 Å². The van der Waals surface area contributed by atoms with Gasteiger partial charge in [-0.15, -0.1) is 0 Å². The minimum atomic E-state index is -0.287. The van der Waals surface area contributed by atoms with Crippen molar-refractivity contribution in [1.82, 2.24) is 9.88 Å². The van der Waals surface area contributed by atoms with Crippen molar-refractivity contribution >= 4 is 11.9 Å². The number of pyridine rings is 1. The van der Waals surface area contributed by atoms with Gasteiger partial charge >= 0.3 is 5.97 Å². The maximum Gasteiger partial charge on any atom is 0.307 e. The summed E-state index contributed by atoms with van der Waals surface area (Å²) < 4.78 is 4.97. The van der Waals surface area contributed by atoms with Crippen LogP contribution in [0.3, 0.4) is 0 Å². The molecule has 1 amide bonds. The summed E-state index contributed by atoms with van der Waals surface area (Å²) in [5.74, 6) is -0.273. The molecular formula is C21H26N2O3. The molecule has 26 heavy (non-hydrogen) atoms. The largest absolute Gasteiger partial charge is 0.466 e. The van der Waals surface area contributed by atoms with Gasteiger partial charge in [0.2, 0.25) is 5.91 Å². The molecule has 1 aromatic heterocycles. The van der Waals surface area contributed by atoms with Crippen LogP contribution in [0.15, 0.2) is 48.7 Å². The third kappa shape index (κ3) is 6.67. The monoisotopic (exact) mass is 354 g/mol.